The monoisotopic (exact) mass is 691 g/mol. The number of amides is 4. The minimum absolute atomic E-state index is 0.0217. The predicted molar refractivity (Wildman–Crippen MR) is 180 cm³/mol. The number of carbonyl (C=O) groups is 5. The fraction of sp³-hybridized carbons (Fsp3) is 0.152. The second kappa shape index (κ2) is 17.0. The third-order valence-electron chi connectivity index (χ3n) is 6.11. The summed E-state index contributed by atoms with van der Waals surface area (Å²) in [5, 5.41) is 10.6. The van der Waals surface area contributed by atoms with Crippen molar-refractivity contribution in [2.75, 3.05) is 41.6 Å². The van der Waals surface area contributed by atoms with Gasteiger partial charge in [-0.1, -0.05) is 11.3 Å². The van der Waals surface area contributed by atoms with E-state index in [1.54, 1.807) is 56.3 Å². The van der Waals surface area contributed by atoms with Gasteiger partial charge in [-0.05, 0) is 86.6 Å². The average Bonchev–Trinajstić information content (AvgIpc) is 3.71. The second-order valence-corrected chi connectivity index (χ2v) is 10.6. The van der Waals surface area contributed by atoms with Crippen LogP contribution in [0.5, 0.6) is 0 Å². The number of fused-ring (bicyclic) bond motifs is 1. The molecule has 2 heterocycles. The Hall–Kier alpha value is -6.29. The first kappa shape index (κ1) is 35.6. The number of esters is 3. The summed E-state index contributed by atoms with van der Waals surface area (Å²) in [7, 11) is 1.23. The lowest BCUT2D eigenvalue weighted by Gasteiger charge is -2.06. The first-order chi connectivity index (χ1) is 23.6. The fourth-order valence-electron chi connectivity index (χ4n) is 3.91. The van der Waals surface area contributed by atoms with E-state index in [-0.39, 0.29) is 24.1 Å². The largest absolute Gasteiger partial charge is 0.463 e. The third kappa shape index (κ3) is 10.4. The number of halogens is 1. The number of carbonyl (C=O) groups excluding carboxylic acids is 5. The summed E-state index contributed by atoms with van der Waals surface area (Å²) in [6.45, 7) is 4.04. The van der Waals surface area contributed by atoms with E-state index in [4.69, 9.17) is 13.9 Å². The van der Waals surface area contributed by atoms with E-state index in [1.165, 1.54) is 54.8 Å². The van der Waals surface area contributed by atoms with Crippen molar-refractivity contribution in [2.45, 2.75) is 13.8 Å². The van der Waals surface area contributed by atoms with Gasteiger partial charge in [-0.3, -0.25) is 10.6 Å². The molecular weight excluding hydrogens is 661 g/mol. The van der Waals surface area contributed by atoms with E-state index >= 15 is 0 Å². The molecule has 16 heteroatoms. The number of hydrogen-bond donors (Lipinski definition) is 4. The molecular formula is C33H30FN5O9S. The van der Waals surface area contributed by atoms with Crippen molar-refractivity contribution in [3.63, 3.8) is 0 Å². The molecule has 0 aliphatic carbocycles. The minimum Gasteiger partial charge on any atom is -0.463 e. The molecule has 5 rings (SSSR count). The smallest absolute Gasteiger partial charge is 0.374 e. The van der Waals surface area contributed by atoms with Gasteiger partial charge in [-0.2, -0.15) is 0 Å². The second-order valence-electron chi connectivity index (χ2n) is 9.54. The van der Waals surface area contributed by atoms with Crippen molar-refractivity contribution in [2.24, 2.45) is 0 Å². The standard InChI is InChI=1S/C17H14FN3O3S.C16H16N2O6/c1-2-24-15(22)10-3-6-12(7-4-10)19-16(23)21-17-20-13-8-5-11(18)9-14(13)25-17;1-3-23-14(19)10-4-6-11(7-5-10)17-16(21)18-13-9-8-12(24-13)15(20)22-2/h3-9H,2H2,1H3,(H2,19,20,21,23);4-9H,3H2,1-2H3,(H2,17,18,21). The molecule has 4 N–H and O–H groups in total. The van der Waals surface area contributed by atoms with Crippen LogP contribution in [0.3, 0.4) is 0 Å². The molecule has 0 unspecified atom stereocenters. The maximum atomic E-state index is 13.2. The number of aromatic nitrogens is 1. The third-order valence-corrected chi connectivity index (χ3v) is 7.04. The van der Waals surface area contributed by atoms with E-state index in [0.29, 0.717) is 44.5 Å². The summed E-state index contributed by atoms with van der Waals surface area (Å²) in [4.78, 5) is 62.5. The number of benzene rings is 3. The van der Waals surface area contributed by atoms with Gasteiger partial charge in [-0.25, -0.2) is 33.3 Å². The number of anilines is 4. The molecule has 14 nitrogen and oxygen atoms in total. The van der Waals surface area contributed by atoms with E-state index in [9.17, 15) is 28.4 Å². The highest BCUT2D eigenvalue weighted by atomic mass is 32.1. The summed E-state index contributed by atoms with van der Waals surface area (Å²) < 4.78 is 33.2. The van der Waals surface area contributed by atoms with Crippen LogP contribution in [-0.4, -0.2) is 55.3 Å². The number of hydrogen-bond acceptors (Lipinski definition) is 11. The molecule has 3 aromatic carbocycles. The molecule has 4 amide bonds. The Kier molecular flexibility index (Phi) is 12.4. The first-order valence-electron chi connectivity index (χ1n) is 14.5. The highest BCUT2D eigenvalue weighted by Crippen LogP contribution is 2.26. The summed E-state index contributed by atoms with van der Waals surface area (Å²) in [5.74, 6) is -1.77. The van der Waals surface area contributed by atoms with Crippen molar-refractivity contribution >= 4 is 73.9 Å². The van der Waals surface area contributed by atoms with Gasteiger partial charge in [0.25, 0.3) is 0 Å². The Labute approximate surface area is 282 Å². The molecule has 49 heavy (non-hydrogen) atoms. The van der Waals surface area contributed by atoms with Gasteiger partial charge in [0, 0.05) is 17.4 Å². The summed E-state index contributed by atoms with van der Waals surface area (Å²) in [6, 6.07) is 18.5. The molecule has 0 aliphatic rings. The van der Waals surface area contributed by atoms with Crippen LogP contribution in [0.1, 0.15) is 45.1 Å². The summed E-state index contributed by atoms with van der Waals surface area (Å²) in [5.41, 5.74) is 2.39. The minimum atomic E-state index is -0.641. The lowest BCUT2D eigenvalue weighted by atomic mass is 10.2. The van der Waals surface area contributed by atoms with Crippen molar-refractivity contribution in [1.82, 2.24) is 4.98 Å². The number of thiazole rings is 1. The lowest BCUT2D eigenvalue weighted by molar-refractivity contribution is 0.0517. The lowest BCUT2D eigenvalue weighted by Crippen LogP contribution is -2.19. The van der Waals surface area contributed by atoms with E-state index in [2.05, 4.69) is 31.0 Å². The van der Waals surface area contributed by atoms with Gasteiger partial charge in [0.15, 0.2) is 5.13 Å². The highest BCUT2D eigenvalue weighted by Gasteiger charge is 2.14. The Balaban J connectivity index is 0.000000221. The van der Waals surface area contributed by atoms with Gasteiger partial charge >= 0.3 is 30.0 Å². The topological polar surface area (TPSA) is 187 Å². The van der Waals surface area contributed by atoms with Crippen LogP contribution in [0.15, 0.2) is 83.3 Å². The van der Waals surface area contributed by atoms with Crippen LogP contribution in [-0.2, 0) is 14.2 Å². The molecule has 0 bridgehead atoms. The SMILES string of the molecule is CCOC(=O)c1ccc(NC(=O)Nc2ccc(C(=O)OC)o2)cc1.CCOC(=O)c1ccc(NC(=O)Nc2nc3ccc(F)cc3s2)cc1. The maximum Gasteiger partial charge on any atom is 0.374 e. The number of furan rings is 1. The van der Waals surface area contributed by atoms with Gasteiger partial charge < -0.3 is 29.3 Å². The molecule has 0 radical (unpaired) electrons. The molecule has 254 valence electrons. The summed E-state index contributed by atoms with van der Waals surface area (Å²) in [6.07, 6.45) is 0. The molecule has 5 aromatic rings. The molecule has 0 atom stereocenters. The number of urea groups is 2. The first-order valence-corrected chi connectivity index (χ1v) is 15.3. The van der Waals surface area contributed by atoms with Crippen molar-refractivity contribution < 1.29 is 47.0 Å². The zero-order valence-electron chi connectivity index (χ0n) is 26.3. The molecule has 0 saturated carbocycles. The number of methoxy groups -OCH3 is 1. The average molecular weight is 692 g/mol. The number of ether oxygens (including phenoxy) is 3. The Morgan fingerprint density at radius 3 is 1.80 bits per heavy atom. The normalized spacial score (nSPS) is 10.2. The predicted octanol–water partition coefficient (Wildman–Crippen LogP) is 7.14. The van der Waals surface area contributed by atoms with Crippen LogP contribution in [0.4, 0.5) is 36.4 Å². The highest BCUT2D eigenvalue weighted by molar-refractivity contribution is 7.22. The number of nitrogens with one attached hydrogen (secondary N) is 4. The quantitative estimate of drug-likeness (QED) is 0.0914. The van der Waals surface area contributed by atoms with E-state index in [1.807, 2.05) is 0 Å². The van der Waals surface area contributed by atoms with E-state index in [0.717, 1.165) is 0 Å². The summed E-state index contributed by atoms with van der Waals surface area (Å²) >= 11 is 1.18. The van der Waals surface area contributed by atoms with Gasteiger partial charge in [0.05, 0.1) is 41.7 Å². The van der Waals surface area contributed by atoms with Crippen molar-refractivity contribution in [1.29, 1.82) is 0 Å². The van der Waals surface area contributed by atoms with Gasteiger partial charge in [0.2, 0.25) is 11.6 Å². The molecule has 0 fully saturated rings. The van der Waals surface area contributed by atoms with Gasteiger partial charge in [-0.15, -0.1) is 0 Å². The fourth-order valence-corrected chi connectivity index (χ4v) is 4.79. The van der Waals surface area contributed by atoms with Crippen LogP contribution in [0.25, 0.3) is 10.2 Å². The van der Waals surface area contributed by atoms with Crippen LogP contribution >= 0.6 is 11.3 Å². The number of nitrogens with zero attached hydrogens (tertiary/aromatic N) is 1. The van der Waals surface area contributed by atoms with Crippen LogP contribution in [0, 0.1) is 5.82 Å². The Morgan fingerprint density at radius 2 is 1.27 bits per heavy atom. The van der Waals surface area contributed by atoms with E-state index < -0.39 is 30.0 Å². The zero-order chi connectivity index (χ0) is 35.3. The van der Waals surface area contributed by atoms with Gasteiger partial charge in [0.1, 0.15) is 5.82 Å². The molecule has 2 aromatic heterocycles. The Bertz CT molecular complexity index is 1940. The molecule has 0 aliphatic heterocycles. The van der Waals surface area contributed by atoms with Crippen molar-refractivity contribution in [3.8, 4) is 0 Å². The van der Waals surface area contributed by atoms with Crippen LogP contribution in [0.2, 0.25) is 0 Å². The van der Waals surface area contributed by atoms with Crippen molar-refractivity contribution in [3.05, 3.63) is 102 Å². The zero-order valence-corrected chi connectivity index (χ0v) is 27.1. The Morgan fingerprint density at radius 1 is 0.714 bits per heavy atom. The number of rotatable bonds is 9. The molecule has 0 saturated heterocycles. The molecule has 0 spiro atoms. The maximum absolute atomic E-state index is 13.2. The van der Waals surface area contributed by atoms with Crippen LogP contribution < -0.4 is 21.3 Å².